The van der Waals surface area contributed by atoms with Crippen molar-refractivity contribution in [1.29, 1.82) is 0 Å². The third-order valence-corrected chi connectivity index (χ3v) is 5.49. The van der Waals surface area contributed by atoms with Gasteiger partial charge in [0.05, 0.1) is 11.1 Å². The van der Waals surface area contributed by atoms with Gasteiger partial charge in [-0.15, -0.1) is 0 Å². The minimum atomic E-state index is -0.463. The number of amides is 1. The summed E-state index contributed by atoms with van der Waals surface area (Å²) in [6.07, 6.45) is 0.880. The highest BCUT2D eigenvalue weighted by Crippen LogP contribution is 2.35. The topological polar surface area (TPSA) is 109 Å². The van der Waals surface area contributed by atoms with Gasteiger partial charge in [0, 0.05) is 35.3 Å². The molecule has 7 heteroatoms. The van der Waals surface area contributed by atoms with E-state index in [0.29, 0.717) is 23.4 Å². The van der Waals surface area contributed by atoms with Gasteiger partial charge in [-0.25, -0.2) is 9.97 Å². The molecule has 4 aromatic rings. The second-order valence-electron chi connectivity index (χ2n) is 7.46. The number of nitrogens with zero attached hydrogens (tertiary/aromatic N) is 2. The number of hydrogen-bond acceptors (Lipinski definition) is 5. The average Bonchev–Trinajstić information content (AvgIpc) is 3.35. The fraction of sp³-hybridized carbons (Fsp3) is 0.174. The Balaban J connectivity index is 1.61. The van der Waals surface area contributed by atoms with Crippen LogP contribution in [0.25, 0.3) is 22.3 Å². The van der Waals surface area contributed by atoms with E-state index >= 15 is 0 Å². The Morgan fingerprint density at radius 2 is 1.97 bits per heavy atom. The summed E-state index contributed by atoms with van der Waals surface area (Å²) in [5, 5.41) is 7.73. The van der Waals surface area contributed by atoms with Crippen molar-refractivity contribution < 1.29 is 4.79 Å². The van der Waals surface area contributed by atoms with Gasteiger partial charge in [0.15, 0.2) is 5.82 Å². The molecule has 3 heterocycles. The Kier molecular flexibility index (Phi) is 4.35. The maximum absolute atomic E-state index is 11.9. The van der Waals surface area contributed by atoms with Crippen LogP contribution >= 0.6 is 0 Å². The van der Waals surface area contributed by atoms with Crippen LogP contribution in [0.2, 0.25) is 0 Å². The molecule has 0 bridgehead atoms. The van der Waals surface area contributed by atoms with Gasteiger partial charge in [-0.2, -0.15) is 0 Å². The standard InChI is InChI=1S/C23H22N6O/c1-13-18(15-8-5-9-16(20(24)30)19(15)27-13)23-28-21-17(10-11-25-21)22(29-23)26-12-14-6-3-2-4-7-14/h2-9,27H,10-12H2,1H3,(H2,24,30)(H2,25,26,28,29). The van der Waals surface area contributed by atoms with E-state index in [0.717, 1.165) is 46.8 Å². The summed E-state index contributed by atoms with van der Waals surface area (Å²) in [7, 11) is 0. The number of aryl methyl sites for hydroxylation is 1. The summed E-state index contributed by atoms with van der Waals surface area (Å²) < 4.78 is 0. The van der Waals surface area contributed by atoms with Gasteiger partial charge in [-0.05, 0) is 25.0 Å². The Morgan fingerprint density at radius 3 is 2.77 bits per heavy atom. The maximum Gasteiger partial charge on any atom is 0.250 e. The van der Waals surface area contributed by atoms with Gasteiger partial charge < -0.3 is 21.4 Å². The number of H-pyrrole nitrogens is 1. The van der Waals surface area contributed by atoms with Crippen molar-refractivity contribution >= 4 is 28.4 Å². The van der Waals surface area contributed by atoms with E-state index < -0.39 is 5.91 Å². The Bertz CT molecular complexity index is 1260. The van der Waals surface area contributed by atoms with E-state index in [4.69, 9.17) is 15.7 Å². The van der Waals surface area contributed by atoms with Crippen LogP contribution in [0.5, 0.6) is 0 Å². The summed E-state index contributed by atoms with van der Waals surface area (Å²) >= 11 is 0. The van der Waals surface area contributed by atoms with Crippen LogP contribution in [0.3, 0.4) is 0 Å². The van der Waals surface area contributed by atoms with E-state index in [1.165, 1.54) is 5.56 Å². The number of aromatic nitrogens is 3. The molecule has 1 aliphatic rings. The summed E-state index contributed by atoms with van der Waals surface area (Å²) in [5.41, 5.74) is 10.8. The van der Waals surface area contributed by atoms with Crippen LogP contribution in [-0.2, 0) is 13.0 Å². The predicted molar refractivity (Wildman–Crippen MR) is 119 cm³/mol. The fourth-order valence-corrected chi connectivity index (χ4v) is 4.05. The predicted octanol–water partition coefficient (Wildman–Crippen LogP) is 3.61. The van der Waals surface area contributed by atoms with E-state index in [-0.39, 0.29) is 0 Å². The lowest BCUT2D eigenvalue weighted by atomic mass is 10.1. The van der Waals surface area contributed by atoms with Gasteiger partial charge in [0.25, 0.3) is 5.91 Å². The highest BCUT2D eigenvalue weighted by molar-refractivity contribution is 6.09. The molecule has 5 rings (SSSR count). The van der Waals surface area contributed by atoms with Gasteiger partial charge in [0.2, 0.25) is 0 Å². The summed E-state index contributed by atoms with van der Waals surface area (Å²) in [6, 6.07) is 15.8. The number of hydrogen-bond donors (Lipinski definition) is 4. The largest absolute Gasteiger partial charge is 0.369 e. The molecule has 1 amide bonds. The third-order valence-electron chi connectivity index (χ3n) is 5.49. The van der Waals surface area contributed by atoms with Gasteiger partial charge in [-0.3, -0.25) is 4.79 Å². The maximum atomic E-state index is 11.9. The second-order valence-corrected chi connectivity index (χ2v) is 7.46. The molecule has 0 atom stereocenters. The van der Waals surface area contributed by atoms with Gasteiger partial charge >= 0.3 is 0 Å². The molecule has 0 aliphatic carbocycles. The minimum Gasteiger partial charge on any atom is -0.369 e. The number of aromatic amines is 1. The second kappa shape index (κ2) is 7.18. The summed E-state index contributed by atoms with van der Waals surface area (Å²) in [4.78, 5) is 24.8. The van der Waals surface area contributed by atoms with Crippen molar-refractivity contribution in [3.63, 3.8) is 0 Å². The van der Waals surface area contributed by atoms with E-state index in [9.17, 15) is 4.79 Å². The van der Waals surface area contributed by atoms with Crippen LogP contribution in [0, 0.1) is 6.92 Å². The van der Waals surface area contributed by atoms with Crippen LogP contribution in [0.1, 0.15) is 27.2 Å². The molecular formula is C23H22N6O. The Hall–Kier alpha value is -3.87. The summed E-state index contributed by atoms with van der Waals surface area (Å²) in [5.74, 6) is 1.85. The molecule has 0 radical (unpaired) electrons. The average molecular weight is 398 g/mol. The lowest BCUT2D eigenvalue weighted by molar-refractivity contribution is 0.100. The molecule has 7 nitrogen and oxygen atoms in total. The highest BCUT2D eigenvalue weighted by atomic mass is 16.1. The van der Waals surface area contributed by atoms with Crippen molar-refractivity contribution in [2.75, 3.05) is 17.2 Å². The van der Waals surface area contributed by atoms with Crippen molar-refractivity contribution in [3.05, 3.63) is 70.9 Å². The van der Waals surface area contributed by atoms with Crippen LogP contribution in [0.15, 0.2) is 48.5 Å². The molecule has 1 aliphatic heterocycles. The number of para-hydroxylation sites is 1. The first-order chi connectivity index (χ1) is 14.6. The molecule has 0 fully saturated rings. The molecule has 0 saturated carbocycles. The smallest absolute Gasteiger partial charge is 0.250 e. The molecule has 0 spiro atoms. The zero-order valence-corrected chi connectivity index (χ0v) is 16.6. The quantitative estimate of drug-likeness (QED) is 0.411. The normalized spacial score (nSPS) is 12.6. The molecule has 2 aromatic carbocycles. The molecular weight excluding hydrogens is 376 g/mol. The number of carbonyl (C=O) groups is 1. The Morgan fingerprint density at radius 1 is 1.13 bits per heavy atom. The molecule has 2 aromatic heterocycles. The molecule has 0 unspecified atom stereocenters. The van der Waals surface area contributed by atoms with E-state index in [2.05, 4.69) is 27.8 Å². The number of fused-ring (bicyclic) bond motifs is 2. The van der Waals surface area contributed by atoms with Crippen molar-refractivity contribution in [2.24, 2.45) is 5.73 Å². The number of nitrogens with two attached hydrogens (primary N) is 1. The van der Waals surface area contributed by atoms with Crippen molar-refractivity contribution in [2.45, 2.75) is 19.9 Å². The van der Waals surface area contributed by atoms with Crippen LogP contribution in [0.4, 0.5) is 11.6 Å². The lowest BCUT2D eigenvalue weighted by Crippen LogP contribution is -2.11. The number of primary amides is 1. The third kappa shape index (κ3) is 3.04. The van der Waals surface area contributed by atoms with Gasteiger partial charge in [-0.1, -0.05) is 42.5 Å². The van der Waals surface area contributed by atoms with E-state index in [1.54, 1.807) is 6.07 Å². The molecule has 30 heavy (non-hydrogen) atoms. The molecule has 0 saturated heterocycles. The minimum absolute atomic E-state index is 0.462. The zero-order chi connectivity index (χ0) is 20.7. The first kappa shape index (κ1) is 18.2. The number of carbonyl (C=O) groups excluding carboxylic acids is 1. The summed E-state index contributed by atoms with van der Waals surface area (Å²) in [6.45, 7) is 3.48. The Labute approximate surface area is 173 Å². The van der Waals surface area contributed by atoms with Gasteiger partial charge in [0.1, 0.15) is 11.6 Å². The number of anilines is 2. The SMILES string of the molecule is Cc1[nH]c2c(C(N)=O)cccc2c1-c1nc2c(c(NCc3ccccc3)n1)CCN2. The number of nitrogens with one attached hydrogen (secondary N) is 3. The molecule has 150 valence electrons. The van der Waals surface area contributed by atoms with Crippen molar-refractivity contribution in [3.8, 4) is 11.4 Å². The van der Waals surface area contributed by atoms with Crippen LogP contribution in [-0.4, -0.2) is 27.4 Å². The fourth-order valence-electron chi connectivity index (χ4n) is 4.05. The van der Waals surface area contributed by atoms with Crippen LogP contribution < -0.4 is 16.4 Å². The first-order valence-electron chi connectivity index (χ1n) is 9.96. The first-order valence-corrected chi connectivity index (χ1v) is 9.96. The highest BCUT2D eigenvalue weighted by Gasteiger charge is 2.23. The number of benzene rings is 2. The monoisotopic (exact) mass is 398 g/mol. The number of rotatable bonds is 5. The molecule has 5 N–H and O–H groups in total. The zero-order valence-electron chi connectivity index (χ0n) is 16.6. The van der Waals surface area contributed by atoms with Crippen molar-refractivity contribution in [1.82, 2.24) is 15.0 Å². The lowest BCUT2D eigenvalue weighted by Gasteiger charge is -2.12. The van der Waals surface area contributed by atoms with E-state index in [1.807, 2.05) is 37.3 Å².